The Balaban J connectivity index is 1.95. The molecule has 6 heteroatoms. The second kappa shape index (κ2) is 6.05. The second-order valence-corrected chi connectivity index (χ2v) is 6.12. The molecule has 1 aliphatic rings. The number of rotatable bonds is 2. The zero-order valence-corrected chi connectivity index (χ0v) is 13.8. The monoisotopic (exact) mass is 328 g/mol. The fourth-order valence-electron chi connectivity index (χ4n) is 3.22. The first kappa shape index (κ1) is 15.6. The van der Waals surface area contributed by atoms with Crippen LogP contribution in [0.1, 0.15) is 46.1 Å². The van der Waals surface area contributed by atoms with Crippen LogP contribution in [-0.2, 0) is 7.05 Å². The van der Waals surface area contributed by atoms with Crippen molar-refractivity contribution in [2.45, 2.75) is 25.8 Å². The number of likely N-dealkylation sites (tertiary alicyclic amines) is 1. The summed E-state index contributed by atoms with van der Waals surface area (Å²) < 4.78 is 1.64. The van der Waals surface area contributed by atoms with Crippen molar-refractivity contribution in [1.82, 2.24) is 14.7 Å². The molecule has 1 fully saturated rings. The molecule has 2 aromatic rings. The van der Waals surface area contributed by atoms with Crippen LogP contribution in [0.5, 0.6) is 0 Å². The lowest BCUT2D eigenvalue weighted by molar-refractivity contribution is 0.0735. The van der Waals surface area contributed by atoms with Gasteiger partial charge in [-0.2, -0.15) is 10.4 Å². The van der Waals surface area contributed by atoms with Crippen molar-refractivity contribution < 1.29 is 4.79 Å². The summed E-state index contributed by atoms with van der Waals surface area (Å²) >= 11 is 6.38. The summed E-state index contributed by atoms with van der Waals surface area (Å²) in [4.78, 5) is 14.7. The van der Waals surface area contributed by atoms with E-state index in [0.717, 1.165) is 24.1 Å². The Hall–Kier alpha value is -2.32. The van der Waals surface area contributed by atoms with Gasteiger partial charge in [-0.1, -0.05) is 17.7 Å². The second-order valence-electron chi connectivity index (χ2n) is 5.76. The molecule has 1 atom stereocenters. The molecule has 3 rings (SSSR count). The van der Waals surface area contributed by atoms with E-state index in [1.165, 1.54) is 0 Å². The third-order valence-electron chi connectivity index (χ3n) is 4.28. The SMILES string of the molecule is Cc1nn(C)c(Cl)c1[C@@H]1CCCN1C(=O)c1cccc(C#N)c1. The first-order valence-electron chi connectivity index (χ1n) is 7.53. The maximum absolute atomic E-state index is 12.9. The fraction of sp³-hybridized carbons (Fsp3) is 0.353. The van der Waals surface area contributed by atoms with E-state index >= 15 is 0 Å². The van der Waals surface area contributed by atoms with E-state index in [9.17, 15) is 4.79 Å². The zero-order chi connectivity index (χ0) is 16.6. The maximum Gasteiger partial charge on any atom is 0.254 e. The van der Waals surface area contributed by atoms with Gasteiger partial charge in [0.2, 0.25) is 0 Å². The van der Waals surface area contributed by atoms with Gasteiger partial charge in [-0.3, -0.25) is 9.48 Å². The Morgan fingerprint density at radius 2 is 2.26 bits per heavy atom. The first-order chi connectivity index (χ1) is 11.0. The van der Waals surface area contributed by atoms with Crippen LogP contribution in [0.4, 0.5) is 0 Å². The van der Waals surface area contributed by atoms with Crippen molar-refractivity contribution >= 4 is 17.5 Å². The molecule has 1 aromatic heterocycles. The van der Waals surface area contributed by atoms with Gasteiger partial charge in [-0.15, -0.1) is 0 Å². The average molecular weight is 329 g/mol. The Morgan fingerprint density at radius 3 is 2.91 bits per heavy atom. The Bertz CT molecular complexity index is 805. The Morgan fingerprint density at radius 1 is 1.48 bits per heavy atom. The van der Waals surface area contributed by atoms with Crippen LogP contribution in [-0.4, -0.2) is 27.1 Å². The van der Waals surface area contributed by atoms with Gasteiger partial charge in [0, 0.05) is 24.7 Å². The van der Waals surface area contributed by atoms with E-state index in [-0.39, 0.29) is 11.9 Å². The van der Waals surface area contributed by atoms with Crippen LogP contribution in [0.25, 0.3) is 0 Å². The maximum atomic E-state index is 12.9. The summed E-state index contributed by atoms with van der Waals surface area (Å²) in [6.45, 7) is 2.60. The summed E-state index contributed by atoms with van der Waals surface area (Å²) in [7, 11) is 1.80. The van der Waals surface area contributed by atoms with Crippen LogP contribution in [0.2, 0.25) is 5.15 Å². The van der Waals surface area contributed by atoms with Crippen molar-refractivity contribution in [2.24, 2.45) is 7.05 Å². The van der Waals surface area contributed by atoms with Gasteiger partial charge in [0.1, 0.15) is 5.15 Å². The highest BCUT2D eigenvalue weighted by Gasteiger charge is 2.34. The molecule has 118 valence electrons. The third kappa shape index (κ3) is 2.71. The molecule has 1 saturated heterocycles. The molecular formula is C17H17ClN4O. The minimum Gasteiger partial charge on any atom is -0.331 e. The highest BCUT2D eigenvalue weighted by Crippen LogP contribution is 2.38. The van der Waals surface area contributed by atoms with Gasteiger partial charge in [-0.05, 0) is 38.0 Å². The number of halogens is 1. The van der Waals surface area contributed by atoms with Gasteiger partial charge in [0.15, 0.2) is 0 Å². The number of amides is 1. The molecule has 1 aromatic carbocycles. The van der Waals surface area contributed by atoms with Gasteiger partial charge < -0.3 is 4.90 Å². The van der Waals surface area contributed by atoms with E-state index in [2.05, 4.69) is 11.2 Å². The smallest absolute Gasteiger partial charge is 0.254 e. The van der Waals surface area contributed by atoms with Crippen LogP contribution in [0.15, 0.2) is 24.3 Å². The summed E-state index contributed by atoms with van der Waals surface area (Å²) in [6.07, 6.45) is 1.80. The highest BCUT2D eigenvalue weighted by molar-refractivity contribution is 6.30. The van der Waals surface area contributed by atoms with Gasteiger partial charge in [-0.25, -0.2) is 0 Å². The molecule has 0 saturated carbocycles. The minimum atomic E-state index is -0.0658. The summed E-state index contributed by atoms with van der Waals surface area (Å²) in [6, 6.07) is 8.82. The molecule has 0 N–H and O–H groups in total. The topological polar surface area (TPSA) is 61.9 Å². The summed E-state index contributed by atoms with van der Waals surface area (Å²) in [5.41, 5.74) is 2.81. The third-order valence-corrected chi connectivity index (χ3v) is 4.73. The zero-order valence-electron chi connectivity index (χ0n) is 13.1. The van der Waals surface area contributed by atoms with Crippen LogP contribution >= 0.6 is 11.6 Å². The lowest BCUT2D eigenvalue weighted by atomic mass is 10.0. The number of carbonyl (C=O) groups is 1. The molecule has 0 unspecified atom stereocenters. The molecule has 0 bridgehead atoms. The number of aromatic nitrogens is 2. The van der Waals surface area contributed by atoms with E-state index < -0.39 is 0 Å². The van der Waals surface area contributed by atoms with Crippen LogP contribution in [0, 0.1) is 18.3 Å². The molecular weight excluding hydrogens is 312 g/mol. The minimum absolute atomic E-state index is 0.0607. The van der Waals surface area contributed by atoms with Gasteiger partial charge in [0.05, 0.1) is 23.4 Å². The normalized spacial score (nSPS) is 17.3. The van der Waals surface area contributed by atoms with Crippen LogP contribution < -0.4 is 0 Å². The standard InChI is InChI=1S/C17H17ClN4O/c1-11-15(16(18)21(2)20-11)14-7-4-8-22(14)17(23)13-6-3-5-12(9-13)10-19/h3,5-6,9,14H,4,7-8H2,1-2H3/t14-/m0/s1. The van der Waals surface area contributed by atoms with E-state index in [1.54, 1.807) is 36.0 Å². The molecule has 0 radical (unpaired) electrons. The van der Waals surface area contributed by atoms with Crippen molar-refractivity contribution in [3.05, 3.63) is 51.8 Å². The number of benzene rings is 1. The molecule has 0 spiro atoms. The number of aryl methyl sites for hydroxylation is 2. The van der Waals surface area contributed by atoms with E-state index in [1.807, 2.05) is 11.8 Å². The fourth-order valence-corrected chi connectivity index (χ4v) is 3.52. The average Bonchev–Trinajstić information content (AvgIpc) is 3.11. The predicted molar refractivity (Wildman–Crippen MR) is 87.1 cm³/mol. The van der Waals surface area contributed by atoms with E-state index in [0.29, 0.717) is 22.8 Å². The number of carbonyl (C=O) groups excluding carboxylic acids is 1. The Kier molecular flexibility index (Phi) is 4.10. The Labute approximate surface area is 140 Å². The van der Waals surface area contributed by atoms with Crippen molar-refractivity contribution in [3.8, 4) is 6.07 Å². The lowest BCUT2D eigenvalue weighted by Crippen LogP contribution is -2.31. The van der Waals surface area contributed by atoms with Crippen molar-refractivity contribution in [3.63, 3.8) is 0 Å². The molecule has 0 aliphatic carbocycles. The first-order valence-corrected chi connectivity index (χ1v) is 7.91. The highest BCUT2D eigenvalue weighted by atomic mass is 35.5. The van der Waals surface area contributed by atoms with E-state index in [4.69, 9.17) is 16.9 Å². The van der Waals surface area contributed by atoms with Gasteiger partial charge >= 0.3 is 0 Å². The molecule has 2 heterocycles. The van der Waals surface area contributed by atoms with Crippen molar-refractivity contribution in [1.29, 1.82) is 5.26 Å². The summed E-state index contributed by atoms with van der Waals surface area (Å²) in [5, 5.41) is 13.9. The number of nitriles is 1. The van der Waals surface area contributed by atoms with Crippen molar-refractivity contribution in [2.75, 3.05) is 6.54 Å². The molecule has 23 heavy (non-hydrogen) atoms. The lowest BCUT2D eigenvalue weighted by Gasteiger charge is -2.25. The largest absolute Gasteiger partial charge is 0.331 e. The van der Waals surface area contributed by atoms with Gasteiger partial charge in [0.25, 0.3) is 5.91 Å². The summed E-state index contributed by atoms with van der Waals surface area (Å²) in [5.74, 6) is -0.0658. The number of hydrogen-bond acceptors (Lipinski definition) is 3. The predicted octanol–water partition coefficient (Wildman–Crippen LogP) is 3.23. The van der Waals surface area contributed by atoms with Crippen LogP contribution in [0.3, 0.4) is 0 Å². The molecule has 1 amide bonds. The molecule has 5 nitrogen and oxygen atoms in total. The molecule has 1 aliphatic heterocycles. The quantitative estimate of drug-likeness (QED) is 0.850. The number of hydrogen-bond donors (Lipinski definition) is 0. The number of nitrogens with zero attached hydrogens (tertiary/aromatic N) is 4.